The van der Waals surface area contributed by atoms with Crippen LogP contribution in [0, 0.1) is 0 Å². The second-order valence-electron chi connectivity index (χ2n) is 6.01. The van der Waals surface area contributed by atoms with Crippen molar-refractivity contribution >= 4 is 16.9 Å². The number of hydrogen-bond donors (Lipinski definition) is 0. The van der Waals surface area contributed by atoms with E-state index >= 15 is 0 Å². The fourth-order valence-electron chi connectivity index (χ4n) is 3.23. The highest BCUT2D eigenvalue weighted by Crippen LogP contribution is 2.18. The molecule has 1 heterocycles. The molecule has 0 aliphatic heterocycles. The number of nitrogens with zero attached hydrogens (tertiary/aromatic N) is 3. The van der Waals surface area contributed by atoms with E-state index in [2.05, 4.69) is 30.3 Å². The van der Waals surface area contributed by atoms with Gasteiger partial charge in [0.25, 0.3) is 0 Å². The summed E-state index contributed by atoms with van der Waals surface area (Å²) in [5.41, 5.74) is 1.98. The average Bonchev–Trinajstić information content (AvgIpc) is 2.96. The van der Waals surface area contributed by atoms with Crippen molar-refractivity contribution in [2.45, 2.75) is 52.6 Å². The monoisotopic (exact) mass is 331 g/mol. The second kappa shape index (κ2) is 8.83. The van der Waals surface area contributed by atoms with Gasteiger partial charge in [0, 0.05) is 26.1 Å². The number of para-hydroxylation sites is 2. The minimum Gasteiger partial charge on any atom is -0.383 e. The SMILES string of the molecule is CCc1nc2ccccc2n1CC(=O)N(CCOC)C(CC)CC. The number of benzene rings is 1. The van der Waals surface area contributed by atoms with Crippen LogP contribution in [0.2, 0.25) is 0 Å². The standard InChI is InChI=1S/C19H29N3O2/c1-5-15(6-2)21(12-13-24-4)19(23)14-22-17-11-9-8-10-16(17)20-18(22)7-3/h8-11,15H,5-7,12-14H2,1-4H3. The van der Waals surface area contributed by atoms with Crippen molar-refractivity contribution in [2.75, 3.05) is 20.3 Å². The Bertz CT molecular complexity index is 662. The molecule has 0 bridgehead atoms. The number of fused-ring (bicyclic) bond motifs is 1. The molecule has 1 amide bonds. The van der Waals surface area contributed by atoms with Crippen molar-refractivity contribution < 1.29 is 9.53 Å². The molecule has 2 aromatic rings. The molecule has 132 valence electrons. The van der Waals surface area contributed by atoms with Gasteiger partial charge in [-0.15, -0.1) is 0 Å². The number of carbonyl (C=O) groups is 1. The van der Waals surface area contributed by atoms with Gasteiger partial charge in [-0.1, -0.05) is 32.9 Å². The number of rotatable bonds is 9. The van der Waals surface area contributed by atoms with E-state index in [1.807, 2.05) is 29.2 Å². The molecule has 0 unspecified atom stereocenters. The van der Waals surface area contributed by atoms with Crippen LogP contribution in [0.4, 0.5) is 0 Å². The molecule has 0 radical (unpaired) electrons. The number of carbonyl (C=O) groups excluding carboxylic acids is 1. The molecule has 1 aromatic heterocycles. The lowest BCUT2D eigenvalue weighted by molar-refractivity contribution is -0.135. The lowest BCUT2D eigenvalue weighted by atomic mass is 10.1. The number of imidazole rings is 1. The third kappa shape index (κ3) is 3.96. The summed E-state index contributed by atoms with van der Waals surface area (Å²) in [6, 6.07) is 8.27. The lowest BCUT2D eigenvalue weighted by Gasteiger charge is -2.31. The third-order valence-electron chi connectivity index (χ3n) is 4.58. The highest BCUT2D eigenvalue weighted by molar-refractivity contribution is 5.81. The molecule has 0 fully saturated rings. The minimum absolute atomic E-state index is 0.138. The molecular formula is C19H29N3O2. The van der Waals surface area contributed by atoms with Gasteiger partial charge in [0.1, 0.15) is 12.4 Å². The average molecular weight is 331 g/mol. The molecule has 5 heteroatoms. The Hall–Kier alpha value is -1.88. The summed E-state index contributed by atoms with van der Waals surface area (Å²) in [4.78, 5) is 19.6. The van der Waals surface area contributed by atoms with E-state index in [1.165, 1.54) is 0 Å². The maximum atomic E-state index is 13.0. The maximum absolute atomic E-state index is 13.0. The number of methoxy groups -OCH3 is 1. The summed E-state index contributed by atoms with van der Waals surface area (Å²) in [5, 5.41) is 0. The van der Waals surface area contributed by atoms with Crippen LogP contribution in [0.3, 0.4) is 0 Å². The van der Waals surface area contributed by atoms with Crippen LogP contribution in [0.25, 0.3) is 11.0 Å². The van der Waals surface area contributed by atoms with Crippen LogP contribution in [0.1, 0.15) is 39.4 Å². The number of hydrogen-bond acceptors (Lipinski definition) is 3. The van der Waals surface area contributed by atoms with Gasteiger partial charge < -0.3 is 14.2 Å². The van der Waals surface area contributed by atoms with Crippen molar-refractivity contribution in [3.63, 3.8) is 0 Å². The van der Waals surface area contributed by atoms with Gasteiger partial charge in [-0.2, -0.15) is 0 Å². The molecule has 0 spiro atoms. The molecule has 0 saturated heterocycles. The quantitative estimate of drug-likeness (QED) is 0.708. The largest absolute Gasteiger partial charge is 0.383 e. The van der Waals surface area contributed by atoms with E-state index in [-0.39, 0.29) is 11.9 Å². The molecule has 24 heavy (non-hydrogen) atoms. The summed E-state index contributed by atoms with van der Waals surface area (Å²) in [6.45, 7) is 7.87. The minimum atomic E-state index is 0.138. The van der Waals surface area contributed by atoms with Gasteiger partial charge in [0.2, 0.25) is 5.91 Å². The molecule has 1 aromatic carbocycles. The fraction of sp³-hybridized carbons (Fsp3) is 0.579. The van der Waals surface area contributed by atoms with Crippen LogP contribution >= 0.6 is 0 Å². The zero-order chi connectivity index (χ0) is 17.5. The van der Waals surface area contributed by atoms with Crippen molar-refractivity contribution in [3.05, 3.63) is 30.1 Å². The van der Waals surface area contributed by atoms with Crippen LogP contribution in [-0.2, 0) is 22.5 Å². The lowest BCUT2D eigenvalue weighted by Crippen LogP contribution is -2.43. The number of ether oxygens (including phenoxy) is 1. The summed E-state index contributed by atoms with van der Waals surface area (Å²) in [5.74, 6) is 1.10. The Kier molecular flexibility index (Phi) is 6.79. The van der Waals surface area contributed by atoms with Gasteiger partial charge in [0.05, 0.1) is 17.6 Å². The molecule has 5 nitrogen and oxygen atoms in total. The zero-order valence-corrected chi connectivity index (χ0v) is 15.3. The van der Waals surface area contributed by atoms with E-state index in [0.29, 0.717) is 19.7 Å². The normalized spacial score (nSPS) is 11.4. The third-order valence-corrected chi connectivity index (χ3v) is 4.58. The molecule has 0 aliphatic carbocycles. The van der Waals surface area contributed by atoms with Gasteiger partial charge in [0.15, 0.2) is 0 Å². The first-order valence-electron chi connectivity index (χ1n) is 8.88. The first-order valence-corrected chi connectivity index (χ1v) is 8.88. The van der Waals surface area contributed by atoms with E-state index < -0.39 is 0 Å². The molecule has 2 rings (SSSR count). The summed E-state index contributed by atoms with van der Waals surface area (Å²) >= 11 is 0. The molecule has 0 N–H and O–H groups in total. The summed E-state index contributed by atoms with van der Waals surface area (Å²) in [7, 11) is 1.67. The first kappa shape index (κ1) is 18.5. The van der Waals surface area contributed by atoms with E-state index in [9.17, 15) is 4.79 Å². The van der Waals surface area contributed by atoms with Gasteiger partial charge >= 0.3 is 0 Å². The number of amides is 1. The number of aryl methyl sites for hydroxylation is 1. The summed E-state index contributed by atoms with van der Waals surface area (Å²) < 4.78 is 7.25. The summed E-state index contributed by atoms with van der Waals surface area (Å²) in [6.07, 6.45) is 2.72. The fourth-order valence-corrected chi connectivity index (χ4v) is 3.23. The van der Waals surface area contributed by atoms with Gasteiger partial charge in [-0.25, -0.2) is 4.98 Å². The smallest absolute Gasteiger partial charge is 0.242 e. The Morgan fingerprint density at radius 2 is 1.96 bits per heavy atom. The topological polar surface area (TPSA) is 47.4 Å². The highest BCUT2D eigenvalue weighted by atomic mass is 16.5. The Morgan fingerprint density at radius 1 is 1.25 bits per heavy atom. The van der Waals surface area contributed by atoms with Crippen molar-refractivity contribution in [2.24, 2.45) is 0 Å². The molecule has 0 aliphatic rings. The molecule has 0 atom stereocenters. The predicted molar refractivity (Wildman–Crippen MR) is 97.1 cm³/mol. The van der Waals surface area contributed by atoms with Crippen LogP contribution < -0.4 is 0 Å². The van der Waals surface area contributed by atoms with Crippen molar-refractivity contribution in [1.29, 1.82) is 0 Å². The Balaban J connectivity index is 2.28. The maximum Gasteiger partial charge on any atom is 0.242 e. The second-order valence-corrected chi connectivity index (χ2v) is 6.01. The van der Waals surface area contributed by atoms with Crippen molar-refractivity contribution in [1.82, 2.24) is 14.5 Å². The highest BCUT2D eigenvalue weighted by Gasteiger charge is 2.22. The Labute approximate surface area is 144 Å². The van der Waals surface area contributed by atoms with Gasteiger partial charge in [-0.05, 0) is 25.0 Å². The first-order chi connectivity index (χ1) is 11.7. The number of aromatic nitrogens is 2. The van der Waals surface area contributed by atoms with Gasteiger partial charge in [-0.3, -0.25) is 4.79 Å². The molecule has 0 saturated carbocycles. The van der Waals surface area contributed by atoms with E-state index in [0.717, 1.165) is 36.1 Å². The Morgan fingerprint density at radius 3 is 2.58 bits per heavy atom. The van der Waals surface area contributed by atoms with E-state index in [1.54, 1.807) is 7.11 Å². The zero-order valence-electron chi connectivity index (χ0n) is 15.3. The van der Waals surface area contributed by atoms with E-state index in [4.69, 9.17) is 4.74 Å². The van der Waals surface area contributed by atoms with Crippen molar-refractivity contribution in [3.8, 4) is 0 Å². The van der Waals surface area contributed by atoms with Crippen LogP contribution in [0.15, 0.2) is 24.3 Å². The van der Waals surface area contributed by atoms with Crippen LogP contribution in [0.5, 0.6) is 0 Å². The molecular weight excluding hydrogens is 302 g/mol. The van der Waals surface area contributed by atoms with Crippen LogP contribution in [-0.4, -0.2) is 46.7 Å². The predicted octanol–water partition coefficient (Wildman–Crippen LogP) is 3.26.